The summed E-state index contributed by atoms with van der Waals surface area (Å²) < 4.78 is 1.06. The first-order chi connectivity index (χ1) is 7.19. The van der Waals surface area contributed by atoms with Crippen molar-refractivity contribution in [3.8, 4) is 0 Å². The average molecular weight is 269 g/mol. The molecule has 0 unspecified atom stereocenters. The maximum atomic E-state index is 4.41. The first kappa shape index (κ1) is 12.2. The summed E-state index contributed by atoms with van der Waals surface area (Å²) in [4.78, 5) is 6.64. The Morgan fingerprint density at radius 1 is 1.60 bits per heavy atom. The lowest BCUT2D eigenvalue weighted by atomic mass is 10.3. The highest BCUT2D eigenvalue weighted by molar-refractivity contribution is 9.10. The third-order valence-corrected chi connectivity index (χ3v) is 3.03. The van der Waals surface area contributed by atoms with Crippen LogP contribution in [0, 0.1) is 6.92 Å². The molecule has 1 rings (SSSR count). The number of hydrogen-bond donors (Lipinski definition) is 0. The van der Waals surface area contributed by atoms with Gasteiger partial charge in [-0.05, 0) is 40.9 Å². The molecule has 2 nitrogen and oxygen atoms in total. The predicted octanol–water partition coefficient (Wildman–Crippen LogP) is 3.55. The molecular weight excluding hydrogens is 252 g/mol. The number of halogens is 1. The van der Waals surface area contributed by atoms with E-state index in [1.54, 1.807) is 0 Å². The molecule has 1 aromatic rings. The minimum Gasteiger partial charge on any atom is -0.353 e. The maximum absolute atomic E-state index is 4.41. The van der Waals surface area contributed by atoms with Gasteiger partial charge in [0.2, 0.25) is 0 Å². The smallest absolute Gasteiger partial charge is 0.129 e. The Bertz CT molecular complexity index is 336. The standard InChI is InChI=1S/C12H17BrN2/c1-4-6-15(7-5-2)12-8-10(3)11(13)9-14-12/h4,8-9H,1,5-7H2,2-3H3. The van der Waals surface area contributed by atoms with E-state index in [0.29, 0.717) is 0 Å². The summed E-state index contributed by atoms with van der Waals surface area (Å²) in [6.07, 6.45) is 4.88. The minimum absolute atomic E-state index is 0.849. The fourth-order valence-electron chi connectivity index (χ4n) is 1.42. The third kappa shape index (κ3) is 3.34. The molecular formula is C12H17BrN2. The van der Waals surface area contributed by atoms with Crippen LogP contribution in [0.4, 0.5) is 5.82 Å². The van der Waals surface area contributed by atoms with Gasteiger partial charge in [0, 0.05) is 23.8 Å². The summed E-state index contributed by atoms with van der Waals surface area (Å²) in [6, 6.07) is 2.10. The molecule has 82 valence electrons. The van der Waals surface area contributed by atoms with Crippen molar-refractivity contribution < 1.29 is 0 Å². The third-order valence-electron chi connectivity index (χ3n) is 2.20. The highest BCUT2D eigenvalue weighted by Crippen LogP contribution is 2.20. The summed E-state index contributed by atoms with van der Waals surface area (Å²) in [5.74, 6) is 1.03. The topological polar surface area (TPSA) is 16.1 Å². The molecule has 0 fully saturated rings. The van der Waals surface area contributed by atoms with E-state index in [1.165, 1.54) is 5.56 Å². The van der Waals surface area contributed by atoms with E-state index in [-0.39, 0.29) is 0 Å². The summed E-state index contributed by atoms with van der Waals surface area (Å²) in [7, 11) is 0. The number of nitrogens with zero attached hydrogens (tertiary/aromatic N) is 2. The van der Waals surface area contributed by atoms with E-state index in [2.05, 4.69) is 52.3 Å². The van der Waals surface area contributed by atoms with Crippen molar-refractivity contribution in [1.29, 1.82) is 0 Å². The Morgan fingerprint density at radius 3 is 2.87 bits per heavy atom. The zero-order valence-corrected chi connectivity index (χ0v) is 10.9. The van der Waals surface area contributed by atoms with E-state index in [1.807, 2.05) is 12.3 Å². The highest BCUT2D eigenvalue weighted by atomic mass is 79.9. The van der Waals surface area contributed by atoms with Crippen LogP contribution in [0.15, 0.2) is 29.4 Å². The van der Waals surface area contributed by atoms with Gasteiger partial charge < -0.3 is 4.90 Å². The van der Waals surface area contributed by atoms with Crippen LogP contribution in [0.2, 0.25) is 0 Å². The number of pyridine rings is 1. The van der Waals surface area contributed by atoms with Gasteiger partial charge in [-0.3, -0.25) is 0 Å². The van der Waals surface area contributed by atoms with Crippen molar-refractivity contribution in [2.45, 2.75) is 20.3 Å². The molecule has 0 aliphatic carbocycles. The lowest BCUT2D eigenvalue weighted by Gasteiger charge is -2.21. The number of hydrogen-bond acceptors (Lipinski definition) is 2. The second-order valence-corrected chi connectivity index (χ2v) is 4.38. The van der Waals surface area contributed by atoms with E-state index < -0.39 is 0 Å². The van der Waals surface area contributed by atoms with Gasteiger partial charge in [0.25, 0.3) is 0 Å². The first-order valence-electron chi connectivity index (χ1n) is 5.17. The number of aryl methyl sites for hydroxylation is 1. The van der Waals surface area contributed by atoms with Gasteiger partial charge >= 0.3 is 0 Å². The van der Waals surface area contributed by atoms with E-state index in [9.17, 15) is 0 Å². The molecule has 15 heavy (non-hydrogen) atoms. The molecule has 1 heterocycles. The van der Waals surface area contributed by atoms with Gasteiger partial charge in [-0.25, -0.2) is 4.98 Å². The molecule has 0 amide bonds. The largest absolute Gasteiger partial charge is 0.353 e. The van der Waals surface area contributed by atoms with Crippen molar-refractivity contribution in [2.24, 2.45) is 0 Å². The summed E-state index contributed by atoms with van der Waals surface area (Å²) in [6.45, 7) is 9.88. The Labute approximate surface area is 100 Å². The van der Waals surface area contributed by atoms with Gasteiger partial charge in [0.15, 0.2) is 0 Å². The van der Waals surface area contributed by atoms with E-state index >= 15 is 0 Å². The Morgan fingerprint density at radius 2 is 2.33 bits per heavy atom. The Hall–Kier alpha value is -0.830. The summed E-state index contributed by atoms with van der Waals surface area (Å²) in [5, 5.41) is 0. The van der Waals surface area contributed by atoms with Crippen LogP contribution in [0.5, 0.6) is 0 Å². The molecule has 0 atom stereocenters. The molecule has 0 saturated heterocycles. The van der Waals surface area contributed by atoms with Crippen LogP contribution in [-0.2, 0) is 0 Å². The quantitative estimate of drug-likeness (QED) is 0.760. The second-order valence-electron chi connectivity index (χ2n) is 3.53. The molecule has 1 aromatic heterocycles. The van der Waals surface area contributed by atoms with Gasteiger partial charge in [0.1, 0.15) is 5.82 Å². The molecule has 3 heteroatoms. The van der Waals surface area contributed by atoms with Crippen molar-refractivity contribution >= 4 is 21.7 Å². The maximum Gasteiger partial charge on any atom is 0.129 e. The molecule has 0 N–H and O–H groups in total. The number of rotatable bonds is 5. The lowest BCUT2D eigenvalue weighted by molar-refractivity contribution is 0.801. The predicted molar refractivity (Wildman–Crippen MR) is 69.4 cm³/mol. The monoisotopic (exact) mass is 268 g/mol. The highest BCUT2D eigenvalue weighted by Gasteiger charge is 2.06. The molecule has 0 aliphatic heterocycles. The minimum atomic E-state index is 0.849. The van der Waals surface area contributed by atoms with E-state index in [4.69, 9.17) is 0 Å². The second kappa shape index (κ2) is 5.91. The van der Waals surface area contributed by atoms with Crippen LogP contribution in [0.25, 0.3) is 0 Å². The molecule has 0 aromatic carbocycles. The van der Waals surface area contributed by atoms with Gasteiger partial charge in [0.05, 0.1) is 0 Å². The van der Waals surface area contributed by atoms with Gasteiger partial charge in [-0.15, -0.1) is 6.58 Å². The number of aromatic nitrogens is 1. The summed E-state index contributed by atoms with van der Waals surface area (Å²) >= 11 is 3.46. The van der Waals surface area contributed by atoms with Crippen LogP contribution in [-0.4, -0.2) is 18.1 Å². The first-order valence-corrected chi connectivity index (χ1v) is 5.96. The van der Waals surface area contributed by atoms with Crippen molar-refractivity contribution in [3.05, 3.63) is 35.0 Å². The van der Waals surface area contributed by atoms with Crippen LogP contribution in [0.1, 0.15) is 18.9 Å². The fourth-order valence-corrected chi connectivity index (χ4v) is 1.64. The molecule has 0 bridgehead atoms. The van der Waals surface area contributed by atoms with Crippen LogP contribution >= 0.6 is 15.9 Å². The molecule has 0 aliphatic rings. The molecule has 0 saturated carbocycles. The Kier molecular flexibility index (Phi) is 4.82. The van der Waals surface area contributed by atoms with Crippen molar-refractivity contribution in [1.82, 2.24) is 4.98 Å². The zero-order chi connectivity index (χ0) is 11.3. The van der Waals surface area contributed by atoms with Crippen molar-refractivity contribution in [3.63, 3.8) is 0 Å². The van der Waals surface area contributed by atoms with Crippen molar-refractivity contribution in [2.75, 3.05) is 18.0 Å². The zero-order valence-electron chi connectivity index (χ0n) is 9.33. The fraction of sp³-hybridized carbons (Fsp3) is 0.417. The number of anilines is 1. The average Bonchev–Trinajstić information content (AvgIpc) is 2.22. The Balaban J connectivity index is 2.89. The van der Waals surface area contributed by atoms with Gasteiger partial charge in [-0.1, -0.05) is 13.0 Å². The molecule has 0 spiro atoms. The summed E-state index contributed by atoms with van der Waals surface area (Å²) in [5.41, 5.74) is 1.21. The molecule has 0 radical (unpaired) electrons. The lowest BCUT2D eigenvalue weighted by Crippen LogP contribution is -2.25. The SMILES string of the molecule is C=CCN(CCC)c1cc(C)c(Br)cn1. The van der Waals surface area contributed by atoms with Gasteiger partial charge in [-0.2, -0.15) is 0 Å². The van der Waals surface area contributed by atoms with Crippen LogP contribution < -0.4 is 4.90 Å². The van der Waals surface area contributed by atoms with Crippen LogP contribution in [0.3, 0.4) is 0 Å². The normalized spacial score (nSPS) is 10.1. The van der Waals surface area contributed by atoms with E-state index in [0.717, 1.165) is 29.8 Å².